The van der Waals surface area contributed by atoms with Crippen LogP contribution in [0.2, 0.25) is 5.02 Å². The van der Waals surface area contributed by atoms with Gasteiger partial charge in [0.05, 0.1) is 32.7 Å². The number of aryl methyl sites for hydroxylation is 1. The molecule has 4 rings (SSSR count). The number of pyridine rings is 1. The van der Waals surface area contributed by atoms with Gasteiger partial charge in [0.15, 0.2) is 5.83 Å². The number of anilines is 2. The lowest BCUT2D eigenvalue weighted by atomic mass is 9.97. The third-order valence-corrected chi connectivity index (χ3v) is 6.43. The van der Waals surface area contributed by atoms with E-state index >= 15 is 0 Å². The van der Waals surface area contributed by atoms with Crippen LogP contribution in [-0.2, 0) is 11.8 Å². The normalized spacial score (nSPS) is 11.1. The summed E-state index contributed by atoms with van der Waals surface area (Å²) in [5.74, 6) is 2.96. The fraction of sp³-hybridized carbons (Fsp3) is 0.138. The average molecular weight is 584 g/mol. The first kappa shape index (κ1) is 29.2. The number of hydrogen-bond donors (Lipinski definition) is 3. The Hall–Kier alpha value is -4.82. The molecule has 0 aliphatic rings. The lowest BCUT2D eigenvalue weighted by Crippen LogP contribution is -2.33. The van der Waals surface area contributed by atoms with Gasteiger partial charge in [0.1, 0.15) is 12.4 Å². The van der Waals surface area contributed by atoms with Gasteiger partial charge in [-0.15, -0.1) is 5.92 Å². The minimum Gasteiger partial charge on any atom is -0.383 e. The summed E-state index contributed by atoms with van der Waals surface area (Å²) in [5, 5.41) is 4.66. The maximum atomic E-state index is 13.2. The van der Waals surface area contributed by atoms with E-state index in [1.54, 1.807) is 50.5 Å². The minimum absolute atomic E-state index is 0.0781. The molecule has 0 bridgehead atoms. The van der Waals surface area contributed by atoms with Crippen LogP contribution in [-0.4, -0.2) is 34.1 Å². The van der Waals surface area contributed by atoms with Crippen LogP contribution < -0.4 is 16.4 Å². The molecule has 0 fully saturated rings. The van der Waals surface area contributed by atoms with Crippen LogP contribution in [0.15, 0.2) is 61.1 Å². The number of fused-ring (bicyclic) bond motifs is 1. The highest BCUT2D eigenvalue weighted by Gasteiger charge is 2.29. The number of nitrogens with one attached hydrogen (secondary N) is 2. The number of halogens is 5. The Morgan fingerprint density at radius 1 is 1.15 bits per heavy atom. The summed E-state index contributed by atoms with van der Waals surface area (Å²) in [4.78, 5) is 28.4. The van der Waals surface area contributed by atoms with E-state index < -0.39 is 30.4 Å². The van der Waals surface area contributed by atoms with Crippen LogP contribution in [0.25, 0.3) is 33.3 Å². The van der Waals surface area contributed by atoms with Crippen molar-refractivity contribution in [3.8, 4) is 34.2 Å². The van der Waals surface area contributed by atoms with E-state index in [0.29, 0.717) is 44.5 Å². The predicted octanol–water partition coefficient (Wildman–Crippen LogP) is 6.23. The van der Waals surface area contributed by atoms with Gasteiger partial charge in [-0.25, -0.2) is 9.37 Å². The first-order valence-corrected chi connectivity index (χ1v) is 12.3. The minimum atomic E-state index is -4.58. The number of hydrogen-bond acceptors (Lipinski definition) is 4. The van der Waals surface area contributed by atoms with Crippen molar-refractivity contribution in [2.24, 2.45) is 7.05 Å². The van der Waals surface area contributed by atoms with E-state index in [1.165, 1.54) is 12.1 Å². The summed E-state index contributed by atoms with van der Waals surface area (Å²) in [6, 6.07) is 10.9. The van der Waals surface area contributed by atoms with Crippen molar-refractivity contribution in [2.45, 2.75) is 13.1 Å². The molecule has 0 saturated heterocycles. The molecule has 4 N–H and O–H groups in total. The zero-order chi connectivity index (χ0) is 30.1. The number of nitrogen functional groups attached to an aromatic ring is 1. The molecule has 41 heavy (non-hydrogen) atoms. The standard InChI is InChI=1S/C29H22ClF4N5O2/c1-4-5-18-13-36-26(35)23-22(17-8-11-20(21(30)12-17)28(41)37-14-29(32,33)34)24(39(3)25(18)23)16-6-9-19(10-7-16)38-27(40)15(2)31/h6-13H,2,14H2,1,3H3,(H2,35,36)(H,37,41)(H,38,40). The molecule has 2 aromatic carbocycles. The summed E-state index contributed by atoms with van der Waals surface area (Å²) in [5.41, 5.74) is 10.2. The highest BCUT2D eigenvalue weighted by molar-refractivity contribution is 6.34. The molecule has 12 heteroatoms. The number of amides is 2. The summed E-state index contributed by atoms with van der Waals surface area (Å²) in [6.07, 6.45) is -3.03. The first-order valence-electron chi connectivity index (χ1n) is 11.9. The van der Waals surface area contributed by atoms with Gasteiger partial charge >= 0.3 is 6.18 Å². The highest BCUT2D eigenvalue weighted by atomic mass is 35.5. The Balaban J connectivity index is 1.91. The number of nitrogens with zero attached hydrogens (tertiary/aromatic N) is 2. The van der Waals surface area contributed by atoms with E-state index in [2.05, 4.69) is 28.7 Å². The van der Waals surface area contributed by atoms with Crippen molar-refractivity contribution < 1.29 is 27.2 Å². The summed E-state index contributed by atoms with van der Waals surface area (Å²) in [7, 11) is 1.80. The topological polar surface area (TPSA) is 102 Å². The summed E-state index contributed by atoms with van der Waals surface area (Å²) >= 11 is 6.40. The van der Waals surface area contributed by atoms with Gasteiger partial charge in [-0.2, -0.15) is 13.2 Å². The quantitative estimate of drug-likeness (QED) is 0.142. The van der Waals surface area contributed by atoms with Gasteiger partial charge in [-0.3, -0.25) is 9.59 Å². The van der Waals surface area contributed by atoms with Gasteiger partial charge in [0.25, 0.3) is 11.8 Å². The van der Waals surface area contributed by atoms with Crippen LogP contribution in [0.3, 0.4) is 0 Å². The molecule has 2 heterocycles. The molecule has 0 aliphatic heterocycles. The number of benzene rings is 2. The molecule has 0 radical (unpaired) electrons. The molecular weight excluding hydrogens is 562 g/mol. The molecule has 2 amide bonds. The molecule has 2 aromatic heterocycles. The van der Waals surface area contributed by atoms with Crippen molar-refractivity contribution in [2.75, 3.05) is 17.6 Å². The number of carbonyl (C=O) groups excluding carboxylic acids is 2. The molecular formula is C29H22ClF4N5O2. The Bertz CT molecular complexity index is 1770. The number of aromatic nitrogens is 2. The average Bonchev–Trinajstić information content (AvgIpc) is 3.22. The second-order valence-electron chi connectivity index (χ2n) is 8.87. The van der Waals surface area contributed by atoms with E-state index in [0.717, 1.165) is 0 Å². The van der Waals surface area contributed by atoms with Crippen LogP contribution in [0, 0.1) is 11.8 Å². The zero-order valence-corrected chi connectivity index (χ0v) is 22.5. The van der Waals surface area contributed by atoms with E-state index in [-0.39, 0.29) is 16.4 Å². The second-order valence-corrected chi connectivity index (χ2v) is 9.27. The zero-order valence-electron chi connectivity index (χ0n) is 21.7. The number of nitrogens with two attached hydrogens (primary N) is 1. The Morgan fingerprint density at radius 3 is 2.39 bits per heavy atom. The van der Waals surface area contributed by atoms with Gasteiger partial charge < -0.3 is 20.9 Å². The molecule has 0 saturated carbocycles. The lowest BCUT2D eigenvalue weighted by molar-refractivity contribution is -0.123. The van der Waals surface area contributed by atoms with Gasteiger partial charge in [-0.05, 0) is 42.3 Å². The fourth-order valence-electron chi connectivity index (χ4n) is 4.39. The van der Waals surface area contributed by atoms with Crippen molar-refractivity contribution >= 4 is 45.8 Å². The van der Waals surface area contributed by atoms with Gasteiger partial charge in [0, 0.05) is 24.5 Å². The highest BCUT2D eigenvalue weighted by Crippen LogP contribution is 2.44. The van der Waals surface area contributed by atoms with Crippen LogP contribution in [0.5, 0.6) is 0 Å². The van der Waals surface area contributed by atoms with Crippen LogP contribution in [0.1, 0.15) is 22.8 Å². The SMILES string of the molecule is C=C(F)C(=O)Nc1ccc(-c2c(-c3ccc(C(=O)NCC(F)(F)F)c(Cl)c3)c3c(N)ncc(C#CC)c3n2C)cc1. The number of carbonyl (C=O) groups is 2. The van der Waals surface area contributed by atoms with E-state index in [1.807, 2.05) is 9.88 Å². The van der Waals surface area contributed by atoms with E-state index in [4.69, 9.17) is 17.3 Å². The van der Waals surface area contributed by atoms with Crippen molar-refractivity contribution in [1.82, 2.24) is 14.9 Å². The third-order valence-electron chi connectivity index (χ3n) is 6.11. The summed E-state index contributed by atoms with van der Waals surface area (Å²) < 4.78 is 52.8. The second kappa shape index (κ2) is 11.3. The molecule has 4 aromatic rings. The molecule has 0 atom stereocenters. The predicted molar refractivity (Wildman–Crippen MR) is 151 cm³/mol. The van der Waals surface area contributed by atoms with Crippen molar-refractivity contribution in [3.05, 3.63) is 77.2 Å². The van der Waals surface area contributed by atoms with Gasteiger partial charge in [0.2, 0.25) is 0 Å². The third kappa shape index (κ3) is 6.02. The maximum absolute atomic E-state index is 13.2. The smallest absolute Gasteiger partial charge is 0.383 e. The van der Waals surface area contributed by atoms with Crippen LogP contribution in [0.4, 0.5) is 29.1 Å². The summed E-state index contributed by atoms with van der Waals surface area (Å²) in [6.45, 7) is 3.15. The molecule has 0 unspecified atom stereocenters. The van der Waals surface area contributed by atoms with Crippen LogP contribution >= 0.6 is 11.6 Å². The van der Waals surface area contributed by atoms with Gasteiger partial charge in [-0.1, -0.05) is 42.3 Å². The van der Waals surface area contributed by atoms with Crippen molar-refractivity contribution in [1.29, 1.82) is 0 Å². The Kier molecular flexibility index (Phi) is 8.07. The molecule has 0 spiro atoms. The first-order chi connectivity index (χ1) is 19.3. The Morgan fingerprint density at radius 2 is 1.80 bits per heavy atom. The molecule has 210 valence electrons. The maximum Gasteiger partial charge on any atom is 0.405 e. The molecule has 7 nitrogen and oxygen atoms in total. The largest absolute Gasteiger partial charge is 0.405 e. The number of alkyl halides is 3. The van der Waals surface area contributed by atoms with E-state index in [9.17, 15) is 27.2 Å². The Labute approximate surface area is 237 Å². The monoisotopic (exact) mass is 583 g/mol. The lowest BCUT2D eigenvalue weighted by Gasteiger charge is -2.13. The number of rotatable bonds is 6. The van der Waals surface area contributed by atoms with Crippen molar-refractivity contribution in [3.63, 3.8) is 0 Å². The molecule has 0 aliphatic carbocycles. The fourth-order valence-corrected chi connectivity index (χ4v) is 4.66.